The van der Waals surface area contributed by atoms with Crippen molar-refractivity contribution in [1.82, 2.24) is 0 Å². The maximum atomic E-state index is 10.6. The predicted molar refractivity (Wildman–Crippen MR) is 49.4 cm³/mol. The van der Waals surface area contributed by atoms with Gasteiger partial charge in [-0.15, -0.1) is 0 Å². The second kappa shape index (κ2) is 3.02. The van der Waals surface area contributed by atoms with Crippen molar-refractivity contribution in [2.24, 2.45) is 0 Å². The lowest BCUT2D eigenvalue weighted by atomic mass is 10.2. The van der Waals surface area contributed by atoms with E-state index in [1.807, 2.05) is 0 Å². The van der Waals surface area contributed by atoms with Gasteiger partial charge in [0, 0.05) is 0 Å². The van der Waals surface area contributed by atoms with E-state index >= 15 is 0 Å². The molecule has 0 aliphatic carbocycles. The Morgan fingerprint density at radius 2 is 2.29 bits per heavy atom. The number of hydrogen-bond donors (Lipinski definition) is 0. The highest BCUT2D eigenvalue weighted by molar-refractivity contribution is 5.88. The highest BCUT2D eigenvalue weighted by Crippen LogP contribution is 2.30. The molecule has 0 saturated heterocycles. The Morgan fingerprint density at radius 3 is 2.93 bits per heavy atom. The van der Waals surface area contributed by atoms with Crippen LogP contribution in [0.4, 0.5) is 5.69 Å². The molecule has 14 heavy (non-hydrogen) atoms. The Balaban J connectivity index is 2.69. The number of fused-ring (bicyclic) bond motifs is 1. The van der Waals surface area contributed by atoms with Gasteiger partial charge in [0.15, 0.2) is 6.26 Å². The fraction of sp³-hybridized carbons (Fsp3) is 0.111. The second-order valence-corrected chi connectivity index (χ2v) is 2.74. The number of rotatable bonds is 2. The van der Waals surface area contributed by atoms with E-state index in [0.29, 0.717) is 16.7 Å². The third kappa shape index (κ3) is 1.19. The van der Waals surface area contributed by atoms with Crippen LogP contribution in [0.3, 0.4) is 0 Å². The van der Waals surface area contributed by atoms with Gasteiger partial charge in [-0.25, -0.2) is 0 Å². The van der Waals surface area contributed by atoms with Crippen molar-refractivity contribution in [3.63, 3.8) is 0 Å². The molecule has 0 spiro atoms. The normalized spacial score (nSPS) is 10.4. The van der Waals surface area contributed by atoms with Crippen LogP contribution < -0.4 is 4.74 Å². The first-order valence-electron chi connectivity index (χ1n) is 3.92. The molecule has 0 bridgehead atoms. The van der Waals surface area contributed by atoms with Gasteiger partial charge in [0.25, 0.3) is 0 Å². The summed E-state index contributed by atoms with van der Waals surface area (Å²) < 4.78 is 9.97. The van der Waals surface area contributed by atoms with Gasteiger partial charge in [-0.1, -0.05) is 0 Å². The monoisotopic (exact) mass is 193 g/mol. The van der Waals surface area contributed by atoms with Gasteiger partial charge in [0.1, 0.15) is 16.7 Å². The average Bonchev–Trinajstić information content (AvgIpc) is 2.59. The summed E-state index contributed by atoms with van der Waals surface area (Å²) in [4.78, 5) is 10.1. The van der Waals surface area contributed by atoms with Gasteiger partial charge < -0.3 is 9.15 Å². The molecule has 0 unspecified atom stereocenters. The first-order valence-corrected chi connectivity index (χ1v) is 3.92. The lowest BCUT2D eigenvalue weighted by molar-refractivity contribution is -0.383. The van der Waals surface area contributed by atoms with E-state index in [1.54, 1.807) is 18.2 Å². The zero-order valence-corrected chi connectivity index (χ0v) is 7.39. The van der Waals surface area contributed by atoms with Crippen molar-refractivity contribution in [3.8, 4) is 5.75 Å². The molecular weight excluding hydrogens is 186 g/mol. The van der Waals surface area contributed by atoms with E-state index in [0.717, 1.165) is 6.26 Å². The fourth-order valence-corrected chi connectivity index (χ4v) is 1.26. The summed E-state index contributed by atoms with van der Waals surface area (Å²) in [5.74, 6) is 0.571. The van der Waals surface area contributed by atoms with Crippen LogP contribution in [0.5, 0.6) is 5.75 Å². The molecule has 0 aliphatic heterocycles. The summed E-state index contributed by atoms with van der Waals surface area (Å²) in [5.41, 5.74) is 0.441. The molecule has 1 aromatic carbocycles. The summed E-state index contributed by atoms with van der Waals surface area (Å²) in [6.45, 7) is 0. The van der Waals surface area contributed by atoms with Gasteiger partial charge in [0.2, 0.25) is 0 Å². The zero-order chi connectivity index (χ0) is 10.1. The highest BCUT2D eigenvalue weighted by atomic mass is 16.6. The first kappa shape index (κ1) is 8.55. The molecule has 2 rings (SSSR count). The molecule has 5 heteroatoms. The van der Waals surface area contributed by atoms with E-state index in [1.165, 1.54) is 7.11 Å². The van der Waals surface area contributed by atoms with Crippen LogP contribution in [0, 0.1) is 10.1 Å². The molecule has 0 saturated carbocycles. The van der Waals surface area contributed by atoms with Crippen LogP contribution in [-0.4, -0.2) is 12.0 Å². The predicted octanol–water partition coefficient (Wildman–Crippen LogP) is 2.35. The van der Waals surface area contributed by atoms with E-state index in [-0.39, 0.29) is 5.69 Å². The van der Waals surface area contributed by atoms with Gasteiger partial charge in [-0.2, -0.15) is 0 Å². The maximum absolute atomic E-state index is 10.6. The van der Waals surface area contributed by atoms with Crippen LogP contribution in [0.25, 0.3) is 11.0 Å². The van der Waals surface area contributed by atoms with Crippen molar-refractivity contribution < 1.29 is 14.1 Å². The number of nitrogens with zero attached hydrogens (tertiary/aromatic N) is 1. The topological polar surface area (TPSA) is 65.5 Å². The second-order valence-electron chi connectivity index (χ2n) is 2.74. The molecule has 5 nitrogen and oxygen atoms in total. The van der Waals surface area contributed by atoms with E-state index in [2.05, 4.69) is 0 Å². The largest absolute Gasteiger partial charge is 0.497 e. The van der Waals surface area contributed by atoms with E-state index < -0.39 is 4.92 Å². The van der Waals surface area contributed by atoms with Crippen LogP contribution in [0.15, 0.2) is 28.9 Å². The molecule has 0 aliphatic rings. The SMILES string of the molecule is COc1ccc2occ([N+](=O)[O-])c2c1. The van der Waals surface area contributed by atoms with Crippen LogP contribution in [0.1, 0.15) is 0 Å². The molecule has 1 aromatic heterocycles. The molecule has 0 amide bonds. The minimum absolute atomic E-state index is 0.0427. The number of hydrogen-bond acceptors (Lipinski definition) is 4. The number of methoxy groups -OCH3 is 1. The Kier molecular flexibility index (Phi) is 1.85. The van der Waals surface area contributed by atoms with Crippen molar-refractivity contribution in [3.05, 3.63) is 34.6 Å². The summed E-state index contributed by atoms with van der Waals surface area (Å²) in [6.07, 6.45) is 1.13. The van der Waals surface area contributed by atoms with Crippen LogP contribution in [0.2, 0.25) is 0 Å². The third-order valence-corrected chi connectivity index (χ3v) is 1.96. The Hall–Kier alpha value is -2.04. The molecule has 1 heterocycles. The Labute approximate surface area is 79.0 Å². The summed E-state index contributed by atoms with van der Waals surface area (Å²) in [6, 6.07) is 4.91. The smallest absolute Gasteiger partial charge is 0.315 e. The molecule has 72 valence electrons. The average molecular weight is 193 g/mol. The summed E-state index contributed by atoms with van der Waals surface area (Å²) in [7, 11) is 1.51. The minimum Gasteiger partial charge on any atom is -0.497 e. The molecule has 2 aromatic rings. The minimum atomic E-state index is -0.481. The van der Waals surface area contributed by atoms with Crippen molar-refractivity contribution >= 4 is 16.7 Å². The first-order chi connectivity index (χ1) is 6.72. The summed E-state index contributed by atoms with van der Waals surface area (Å²) in [5, 5.41) is 11.0. The summed E-state index contributed by atoms with van der Waals surface area (Å²) >= 11 is 0. The third-order valence-electron chi connectivity index (χ3n) is 1.96. The molecular formula is C9H7NO4. The van der Waals surface area contributed by atoms with Crippen LogP contribution >= 0.6 is 0 Å². The molecule has 0 radical (unpaired) electrons. The zero-order valence-electron chi connectivity index (χ0n) is 7.39. The maximum Gasteiger partial charge on any atom is 0.315 e. The van der Waals surface area contributed by atoms with Crippen LogP contribution in [-0.2, 0) is 0 Å². The van der Waals surface area contributed by atoms with Gasteiger partial charge >= 0.3 is 5.69 Å². The standard InChI is InChI=1S/C9H7NO4/c1-13-6-2-3-9-7(4-6)8(5-14-9)10(11)12/h2-5H,1H3. The molecule has 0 N–H and O–H groups in total. The highest BCUT2D eigenvalue weighted by Gasteiger charge is 2.16. The lowest BCUT2D eigenvalue weighted by Crippen LogP contribution is -1.86. The van der Waals surface area contributed by atoms with Crippen molar-refractivity contribution in [1.29, 1.82) is 0 Å². The fourth-order valence-electron chi connectivity index (χ4n) is 1.26. The Morgan fingerprint density at radius 1 is 1.50 bits per heavy atom. The number of benzene rings is 1. The van der Waals surface area contributed by atoms with E-state index in [4.69, 9.17) is 9.15 Å². The van der Waals surface area contributed by atoms with Crippen molar-refractivity contribution in [2.45, 2.75) is 0 Å². The number of nitro groups is 1. The number of furan rings is 1. The molecule has 0 atom stereocenters. The quantitative estimate of drug-likeness (QED) is 0.542. The number of ether oxygens (including phenoxy) is 1. The molecule has 0 fully saturated rings. The van der Waals surface area contributed by atoms with Gasteiger partial charge in [-0.05, 0) is 18.2 Å². The van der Waals surface area contributed by atoms with Gasteiger partial charge in [-0.3, -0.25) is 10.1 Å². The Bertz CT molecular complexity index is 489. The van der Waals surface area contributed by atoms with Crippen molar-refractivity contribution in [2.75, 3.05) is 7.11 Å². The van der Waals surface area contributed by atoms with Gasteiger partial charge in [0.05, 0.1) is 12.0 Å². The lowest BCUT2D eigenvalue weighted by Gasteiger charge is -1.96. The van der Waals surface area contributed by atoms with E-state index in [9.17, 15) is 10.1 Å².